The topological polar surface area (TPSA) is 70.6 Å². The molecule has 0 aliphatic heterocycles. The van der Waals surface area contributed by atoms with Crippen LogP contribution in [0.15, 0.2) is 24.3 Å². The van der Waals surface area contributed by atoms with Gasteiger partial charge in [0.05, 0.1) is 12.2 Å². The number of halogens is 3. The average Bonchev–Trinajstić information content (AvgIpc) is 2.49. The fraction of sp³-hybridized carbons (Fsp3) is 0.562. The first kappa shape index (κ1) is 18.5. The Morgan fingerprint density at radius 2 is 1.79 bits per heavy atom. The van der Waals surface area contributed by atoms with E-state index in [1.165, 1.54) is 0 Å². The molecule has 2 rings (SSSR count). The number of ether oxygens (including phenoxy) is 1. The SMILES string of the molecule is O=C(NCc1ccc(COCC(F)(F)F)cc1)NCC1(O)CCC1. The highest BCUT2D eigenvalue weighted by atomic mass is 19.4. The Bertz CT molecular complexity index is 542. The van der Waals surface area contributed by atoms with E-state index >= 15 is 0 Å². The summed E-state index contributed by atoms with van der Waals surface area (Å²) in [6.07, 6.45) is -1.96. The second-order valence-corrected chi connectivity index (χ2v) is 6.04. The van der Waals surface area contributed by atoms with Gasteiger partial charge in [-0.05, 0) is 30.4 Å². The van der Waals surface area contributed by atoms with Crippen molar-refractivity contribution in [2.45, 2.75) is 44.2 Å². The van der Waals surface area contributed by atoms with Crippen LogP contribution >= 0.6 is 0 Å². The van der Waals surface area contributed by atoms with Crippen molar-refractivity contribution in [3.05, 3.63) is 35.4 Å². The van der Waals surface area contributed by atoms with Crippen LogP contribution in [0.3, 0.4) is 0 Å². The Labute approximate surface area is 138 Å². The Kier molecular flexibility index (Phi) is 6.06. The van der Waals surface area contributed by atoms with E-state index in [1.54, 1.807) is 24.3 Å². The fourth-order valence-corrected chi connectivity index (χ4v) is 2.29. The molecule has 1 saturated carbocycles. The number of carbonyl (C=O) groups is 1. The molecular formula is C16H21F3N2O3. The second-order valence-electron chi connectivity index (χ2n) is 6.04. The van der Waals surface area contributed by atoms with Crippen molar-refractivity contribution in [3.63, 3.8) is 0 Å². The molecule has 1 aliphatic carbocycles. The summed E-state index contributed by atoms with van der Waals surface area (Å²) in [7, 11) is 0. The highest BCUT2D eigenvalue weighted by Crippen LogP contribution is 2.30. The van der Waals surface area contributed by atoms with Crippen LogP contribution in [-0.4, -0.2) is 36.1 Å². The summed E-state index contributed by atoms with van der Waals surface area (Å²) < 4.78 is 40.5. The van der Waals surface area contributed by atoms with E-state index in [0.29, 0.717) is 18.4 Å². The van der Waals surface area contributed by atoms with E-state index in [-0.39, 0.29) is 25.7 Å². The van der Waals surface area contributed by atoms with E-state index in [9.17, 15) is 23.1 Å². The molecular weight excluding hydrogens is 325 g/mol. The zero-order valence-corrected chi connectivity index (χ0v) is 13.2. The van der Waals surface area contributed by atoms with Crippen molar-refractivity contribution >= 4 is 6.03 Å². The van der Waals surface area contributed by atoms with Crippen molar-refractivity contribution < 1.29 is 27.8 Å². The van der Waals surface area contributed by atoms with Gasteiger partial charge in [-0.2, -0.15) is 13.2 Å². The predicted molar refractivity (Wildman–Crippen MR) is 81.2 cm³/mol. The maximum absolute atomic E-state index is 12.0. The molecule has 1 aliphatic rings. The van der Waals surface area contributed by atoms with Gasteiger partial charge in [-0.25, -0.2) is 4.79 Å². The number of amides is 2. The maximum atomic E-state index is 12.0. The minimum atomic E-state index is -4.33. The summed E-state index contributed by atoms with van der Waals surface area (Å²) >= 11 is 0. The average molecular weight is 346 g/mol. The van der Waals surface area contributed by atoms with Crippen LogP contribution < -0.4 is 10.6 Å². The molecule has 24 heavy (non-hydrogen) atoms. The van der Waals surface area contributed by atoms with Crippen molar-refractivity contribution in [3.8, 4) is 0 Å². The summed E-state index contributed by atoms with van der Waals surface area (Å²) in [5, 5.41) is 15.2. The lowest BCUT2D eigenvalue weighted by molar-refractivity contribution is -0.176. The molecule has 5 nitrogen and oxygen atoms in total. The Morgan fingerprint density at radius 1 is 1.17 bits per heavy atom. The highest BCUT2D eigenvalue weighted by Gasteiger charge is 2.34. The summed E-state index contributed by atoms with van der Waals surface area (Å²) in [6.45, 7) is -0.878. The van der Waals surface area contributed by atoms with Crippen LogP contribution in [0.1, 0.15) is 30.4 Å². The number of aliphatic hydroxyl groups is 1. The molecule has 0 radical (unpaired) electrons. The molecule has 0 unspecified atom stereocenters. The first-order valence-corrected chi connectivity index (χ1v) is 7.72. The van der Waals surface area contributed by atoms with Crippen LogP contribution in [0.4, 0.5) is 18.0 Å². The maximum Gasteiger partial charge on any atom is 0.411 e. The zero-order valence-electron chi connectivity index (χ0n) is 13.2. The minimum absolute atomic E-state index is 0.119. The van der Waals surface area contributed by atoms with Gasteiger partial charge in [-0.15, -0.1) is 0 Å². The molecule has 0 saturated heterocycles. The lowest BCUT2D eigenvalue weighted by Gasteiger charge is -2.36. The number of alkyl halides is 3. The lowest BCUT2D eigenvalue weighted by atomic mass is 9.80. The van der Waals surface area contributed by atoms with Gasteiger partial charge in [-0.1, -0.05) is 24.3 Å². The normalized spacial score (nSPS) is 16.3. The predicted octanol–water partition coefficient (Wildman–Crippen LogP) is 2.48. The zero-order chi connectivity index (χ0) is 17.6. The van der Waals surface area contributed by atoms with E-state index in [2.05, 4.69) is 15.4 Å². The van der Waals surface area contributed by atoms with Crippen molar-refractivity contribution in [1.82, 2.24) is 10.6 Å². The second kappa shape index (κ2) is 7.85. The third-order valence-corrected chi connectivity index (χ3v) is 3.87. The van der Waals surface area contributed by atoms with E-state index in [0.717, 1.165) is 12.0 Å². The first-order valence-electron chi connectivity index (χ1n) is 7.72. The van der Waals surface area contributed by atoms with Gasteiger partial charge in [-0.3, -0.25) is 0 Å². The number of hydrogen-bond acceptors (Lipinski definition) is 3. The number of benzene rings is 1. The van der Waals surface area contributed by atoms with E-state index < -0.39 is 18.4 Å². The Morgan fingerprint density at radius 3 is 2.33 bits per heavy atom. The van der Waals surface area contributed by atoms with Crippen LogP contribution in [0.5, 0.6) is 0 Å². The van der Waals surface area contributed by atoms with Crippen molar-refractivity contribution in [2.24, 2.45) is 0 Å². The minimum Gasteiger partial charge on any atom is -0.388 e. The number of nitrogens with one attached hydrogen (secondary N) is 2. The Balaban J connectivity index is 1.66. The molecule has 1 aromatic carbocycles. The quantitative estimate of drug-likeness (QED) is 0.710. The Hall–Kier alpha value is -1.80. The van der Waals surface area contributed by atoms with Crippen molar-refractivity contribution in [1.29, 1.82) is 0 Å². The van der Waals surface area contributed by atoms with Gasteiger partial charge in [0.2, 0.25) is 0 Å². The van der Waals surface area contributed by atoms with Crippen LogP contribution in [0.2, 0.25) is 0 Å². The lowest BCUT2D eigenvalue weighted by Crippen LogP contribution is -2.49. The molecule has 1 aromatic rings. The molecule has 134 valence electrons. The molecule has 0 heterocycles. The summed E-state index contributed by atoms with van der Waals surface area (Å²) in [5.41, 5.74) is 0.668. The standard InChI is InChI=1S/C16H21F3N2O3/c17-16(18,19)11-24-9-13-4-2-12(3-5-13)8-20-14(22)21-10-15(23)6-1-7-15/h2-5,23H,1,6-11H2,(H2,20,21,22). The van der Waals surface area contributed by atoms with Crippen molar-refractivity contribution in [2.75, 3.05) is 13.2 Å². The van der Waals surface area contributed by atoms with Gasteiger partial charge < -0.3 is 20.5 Å². The molecule has 8 heteroatoms. The molecule has 2 amide bonds. The number of urea groups is 1. The van der Waals surface area contributed by atoms with Crippen LogP contribution in [0.25, 0.3) is 0 Å². The fourth-order valence-electron chi connectivity index (χ4n) is 2.29. The summed E-state index contributed by atoms with van der Waals surface area (Å²) in [4.78, 5) is 11.6. The summed E-state index contributed by atoms with van der Waals surface area (Å²) in [6, 6.07) is 6.37. The van der Waals surface area contributed by atoms with Gasteiger partial charge in [0.1, 0.15) is 6.61 Å². The molecule has 1 fully saturated rings. The van der Waals surface area contributed by atoms with E-state index in [1.807, 2.05) is 0 Å². The number of carbonyl (C=O) groups excluding carboxylic acids is 1. The molecule has 0 bridgehead atoms. The van der Waals surface area contributed by atoms with Crippen LogP contribution in [-0.2, 0) is 17.9 Å². The van der Waals surface area contributed by atoms with Gasteiger partial charge >= 0.3 is 12.2 Å². The third kappa shape index (κ3) is 6.37. The smallest absolute Gasteiger partial charge is 0.388 e. The van der Waals surface area contributed by atoms with E-state index in [4.69, 9.17) is 0 Å². The molecule has 0 aromatic heterocycles. The molecule has 3 N–H and O–H groups in total. The van der Waals surface area contributed by atoms with Gasteiger partial charge in [0, 0.05) is 13.1 Å². The monoisotopic (exact) mass is 346 g/mol. The molecule has 0 spiro atoms. The van der Waals surface area contributed by atoms with Gasteiger partial charge in [0.15, 0.2) is 0 Å². The van der Waals surface area contributed by atoms with Crippen LogP contribution in [0, 0.1) is 0 Å². The third-order valence-electron chi connectivity index (χ3n) is 3.87. The highest BCUT2D eigenvalue weighted by molar-refractivity contribution is 5.73. The van der Waals surface area contributed by atoms with Gasteiger partial charge in [0.25, 0.3) is 0 Å². The first-order chi connectivity index (χ1) is 11.3. The number of hydrogen-bond donors (Lipinski definition) is 3. The largest absolute Gasteiger partial charge is 0.411 e. The molecule has 0 atom stereocenters. The number of rotatable bonds is 7. The summed E-state index contributed by atoms with van der Waals surface area (Å²) in [5.74, 6) is 0.